The molecule has 1 saturated heterocycles. The van der Waals surface area contributed by atoms with Gasteiger partial charge in [0.05, 0.1) is 18.9 Å². The lowest BCUT2D eigenvalue weighted by Crippen LogP contribution is -2.19. The minimum Gasteiger partial charge on any atom is -0.495 e. The number of benzene rings is 1. The zero-order valence-corrected chi connectivity index (χ0v) is 13.6. The van der Waals surface area contributed by atoms with Crippen molar-refractivity contribution in [1.82, 2.24) is 9.97 Å². The molecule has 2 N–H and O–H groups in total. The van der Waals surface area contributed by atoms with Gasteiger partial charge >= 0.3 is 0 Å². The van der Waals surface area contributed by atoms with Gasteiger partial charge in [-0.25, -0.2) is 4.98 Å². The zero-order valence-electron chi connectivity index (χ0n) is 12.9. The van der Waals surface area contributed by atoms with Crippen molar-refractivity contribution in [2.45, 2.75) is 18.9 Å². The SMILES string of the molecule is COc1ccc(Cl)cc1Nc1nccc(NCC2CCCO2)n1. The summed E-state index contributed by atoms with van der Waals surface area (Å²) in [7, 11) is 1.61. The van der Waals surface area contributed by atoms with Crippen LogP contribution in [-0.4, -0.2) is 36.3 Å². The molecule has 1 aromatic carbocycles. The summed E-state index contributed by atoms with van der Waals surface area (Å²) in [5.74, 6) is 1.90. The normalized spacial score (nSPS) is 17.0. The molecule has 0 radical (unpaired) electrons. The third-order valence-corrected chi connectivity index (χ3v) is 3.83. The van der Waals surface area contributed by atoms with E-state index in [9.17, 15) is 0 Å². The molecule has 1 atom stereocenters. The van der Waals surface area contributed by atoms with Gasteiger partial charge in [0.25, 0.3) is 0 Å². The Morgan fingerprint density at radius 3 is 3.09 bits per heavy atom. The molecule has 0 spiro atoms. The van der Waals surface area contributed by atoms with Crippen LogP contribution in [0.3, 0.4) is 0 Å². The molecule has 2 heterocycles. The van der Waals surface area contributed by atoms with Crippen LogP contribution in [0.2, 0.25) is 5.02 Å². The van der Waals surface area contributed by atoms with Crippen molar-refractivity contribution in [2.24, 2.45) is 0 Å². The van der Waals surface area contributed by atoms with Crippen molar-refractivity contribution < 1.29 is 9.47 Å². The Morgan fingerprint density at radius 1 is 1.39 bits per heavy atom. The van der Waals surface area contributed by atoms with Crippen molar-refractivity contribution in [2.75, 3.05) is 30.9 Å². The summed E-state index contributed by atoms with van der Waals surface area (Å²) in [5, 5.41) is 7.02. The van der Waals surface area contributed by atoms with E-state index in [1.807, 2.05) is 6.07 Å². The van der Waals surface area contributed by atoms with E-state index in [1.54, 1.807) is 31.5 Å². The number of halogens is 1. The number of aromatic nitrogens is 2. The maximum Gasteiger partial charge on any atom is 0.229 e. The van der Waals surface area contributed by atoms with Crippen molar-refractivity contribution in [3.05, 3.63) is 35.5 Å². The predicted octanol–water partition coefficient (Wildman–Crippen LogP) is 3.47. The standard InChI is InChI=1S/C16H19ClN4O2/c1-22-14-5-4-11(17)9-13(14)20-16-18-7-6-15(21-16)19-10-12-3-2-8-23-12/h4-7,9,12H,2-3,8,10H2,1H3,(H2,18,19,20,21). The Balaban J connectivity index is 1.68. The van der Waals surface area contributed by atoms with Gasteiger partial charge in [0, 0.05) is 24.4 Å². The predicted molar refractivity (Wildman–Crippen MR) is 90.8 cm³/mol. The van der Waals surface area contributed by atoms with Gasteiger partial charge in [-0.05, 0) is 37.1 Å². The number of rotatable bonds is 6. The lowest BCUT2D eigenvalue weighted by molar-refractivity contribution is 0.120. The van der Waals surface area contributed by atoms with Gasteiger partial charge in [-0.1, -0.05) is 11.6 Å². The van der Waals surface area contributed by atoms with Crippen LogP contribution in [0.5, 0.6) is 5.75 Å². The number of hydrogen-bond donors (Lipinski definition) is 2. The highest BCUT2D eigenvalue weighted by Crippen LogP contribution is 2.29. The maximum absolute atomic E-state index is 6.03. The fraction of sp³-hybridized carbons (Fsp3) is 0.375. The van der Waals surface area contributed by atoms with E-state index < -0.39 is 0 Å². The summed E-state index contributed by atoms with van der Waals surface area (Å²) in [6.45, 7) is 1.59. The van der Waals surface area contributed by atoms with E-state index in [0.29, 0.717) is 16.7 Å². The Labute approximate surface area is 140 Å². The van der Waals surface area contributed by atoms with Gasteiger partial charge in [-0.3, -0.25) is 0 Å². The molecule has 2 aromatic rings. The molecule has 23 heavy (non-hydrogen) atoms. The van der Waals surface area contributed by atoms with Gasteiger partial charge in [-0.2, -0.15) is 4.98 Å². The molecule has 1 fully saturated rings. The quantitative estimate of drug-likeness (QED) is 0.843. The van der Waals surface area contributed by atoms with Gasteiger partial charge in [-0.15, -0.1) is 0 Å². The van der Waals surface area contributed by atoms with Crippen LogP contribution in [0.4, 0.5) is 17.5 Å². The van der Waals surface area contributed by atoms with Gasteiger partial charge < -0.3 is 20.1 Å². The van der Waals surface area contributed by atoms with Crippen LogP contribution >= 0.6 is 11.6 Å². The molecule has 122 valence electrons. The van der Waals surface area contributed by atoms with E-state index >= 15 is 0 Å². The largest absolute Gasteiger partial charge is 0.495 e. The maximum atomic E-state index is 6.03. The molecule has 0 saturated carbocycles. The molecular formula is C16H19ClN4O2. The molecule has 3 rings (SSSR count). The Bertz CT molecular complexity index is 662. The second-order valence-corrected chi connectivity index (χ2v) is 5.69. The molecule has 7 heteroatoms. The summed E-state index contributed by atoms with van der Waals surface area (Å²) in [6.07, 6.45) is 4.17. The highest BCUT2D eigenvalue weighted by molar-refractivity contribution is 6.30. The highest BCUT2D eigenvalue weighted by atomic mass is 35.5. The van der Waals surface area contributed by atoms with Crippen LogP contribution in [0.25, 0.3) is 0 Å². The molecule has 1 aliphatic heterocycles. The first kappa shape index (κ1) is 15.8. The van der Waals surface area contributed by atoms with E-state index in [0.717, 1.165) is 37.5 Å². The van der Waals surface area contributed by atoms with Crippen molar-refractivity contribution in [3.63, 3.8) is 0 Å². The first-order chi connectivity index (χ1) is 11.2. The van der Waals surface area contributed by atoms with Gasteiger partial charge in [0.1, 0.15) is 11.6 Å². The summed E-state index contributed by atoms with van der Waals surface area (Å²) in [5.41, 5.74) is 0.719. The molecule has 1 aromatic heterocycles. The number of nitrogens with one attached hydrogen (secondary N) is 2. The first-order valence-electron chi connectivity index (χ1n) is 7.53. The van der Waals surface area contributed by atoms with Gasteiger partial charge in [0.2, 0.25) is 5.95 Å². The van der Waals surface area contributed by atoms with Crippen LogP contribution in [0.15, 0.2) is 30.5 Å². The third kappa shape index (κ3) is 4.24. The molecule has 0 amide bonds. The molecule has 6 nitrogen and oxygen atoms in total. The molecule has 1 unspecified atom stereocenters. The van der Waals surface area contributed by atoms with Crippen LogP contribution in [-0.2, 0) is 4.74 Å². The fourth-order valence-corrected chi connectivity index (χ4v) is 2.61. The Morgan fingerprint density at radius 2 is 2.30 bits per heavy atom. The minimum atomic E-state index is 0.259. The van der Waals surface area contributed by atoms with Crippen molar-refractivity contribution >= 4 is 29.1 Å². The van der Waals surface area contributed by atoms with Crippen molar-refractivity contribution in [3.8, 4) is 5.75 Å². The fourth-order valence-electron chi connectivity index (χ4n) is 2.44. The smallest absolute Gasteiger partial charge is 0.229 e. The monoisotopic (exact) mass is 334 g/mol. The second-order valence-electron chi connectivity index (χ2n) is 5.25. The summed E-state index contributed by atoms with van der Waals surface area (Å²) in [4.78, 5) is 8.67. The summed E-state index contributed by atoms with van der Waals surface area (Å²) < 4.78 is 10.9. The number of hydrogen-bond acceptors (Lipinski definition) is 6. The highest BCUT2D eigenvalue weighted by Gasteiger charge is 2.15. The van der Waals surface area contributed by atoms with E-state index in [-0.39, 0.29) is 6.10 Å². The average molecular weight is 335 g/mol. The average Bonchev–Trinajstić information content (AvgIpc) is 3.07. The summed E-state index contributed by atoms with van der Waals surface area (Å²) in [6, 6.07) is 7.17. The molecule has 0 aliphatic carbocycles. The Kier molecular flexibility index (Phi) is 5.15. The molecule has 1 aliphatic rings. The van der Waals surface area contributed by atoms with Gasteiger partial charge in [0.15, 0.2) is 0 Å². The van der Waals surface area contributed by atoms with E-state index in [1.165, 1.54) is 0 Å². The van der Waals surface area contributed by atoms with Crippen LogP contribution in [0, 0.1) is 0 Å². The first-order valence-corrected chi connectivity index (χ1v) is 7.91. The zero-order chi connectivity index (χ0) is 16.1. The number of nitrogens with zero attached hydrogens (tertiary/aromatic N) is 2. The number of methoxy groups -OCH3 is 1. The number of ether oxygens (including phenoxy) is 2. The van der Waals surface area contributed by atoms with Crippen LogP contribution < -0.4 is 15.4 Å². The second kappa shape index (κ2) is 7.48. The van der Waals surface area contributed by atoms with Crippen molar-refractivity contribution in [1.29, 1.82) is 0 Å². The van der Waals surface area contributed by atoms with E-state index in [2.05, 4.69) is 20.6 Å². The lowest BCUT2D eigenvalue weighted by atomic mass is 10.2. The third-order valence-electron chi connectivity index (χ3n) is 3.60. The number of anilines is 3. The molecule has 0 bridgehead atoms. The lowest BCUT2D eigenvalue weighted by Gasteiger charge is -2.13. The topological polar surface area (TPSA) is 68.3 Å². The summed E-state index contributed by atoms with van der Waals surface area (Å²) >= 11 is 6.03. The minimum absolute atomic E-state index is 0.259. The van der Waals surface area contributed by atoms with E-state index in [4.69, 9.17) is 21.1 Å². The van der Waals surface area contributed by atoms with Crippen LogP contribution in [0.1, 0.15) is 12.8 Å². The molecular weight excluding hydrogens is 316 g/mol. The Hall–Kier alpha value is -2.05.